The predicted molar refractivity (Wildman–Crippen MR) is 97.1 cm³/mol. The van der Waals surface area contributed by atoms with Crippen LogP contribution in [0.3, 0.4) is 0 Å². The highest BCUT2D eigenvalue weighted by Gasteiger charge is 2.12. The van der Waals surface area contributed by atoms with E-state index in [0.717, 1.165) is 27.9 Å². The Morgan fingerprint density at radius 1 is 1.08 bits per heavy atom. The van der Waals surface area contributed by atoms with Crippen molar-refractivity contribution in [3.63, 3.8) is 0 Å². The van der Waals surface area contributed by atoms with Crippen LogP contribution in [0.25, 0.3) is 11.3 Å². The molecule has 0 aliphatic heterocycles. The van der Waals surface area contributed by atoms with Gasteiger partial charge >= 0.3 is 0 Å². The maximum absolute atomic E-state index is 12.4. The molecule has 126 valence electrons. The molecule has 1 amide bonds. The van der Waals surface area contributed by atoms with Crippen molar-refractivity contribution in [2.24, 2.45) is 0 Å². The minimum Gasteiger partial charge on any atom is -0.345 e. The first-order valence-corrected chi connectivity index (χ1v) is 8.16. The van der Waals surface area contributed by atoms with Crippen LogP contribution in [0.15, 0.2) is 55.0 Å². The van der Waals surface area contributed by atoms with Crippen molar-refractivity contribution in [3.05, 3.63) is 77.2 Å². The molecule has 0 saturated heterocycles. The number of carbonyl (C=O) groups is 1. The van der Waals surface area contributed by atoms with E-state index >= 15 is 0 Å². The number of aromatic nitrogens is 3. The summed E-state index contributed by atoms with van der Waals surface area (Å²) in [5.41, 5.74) is 5.56. The molecule has 25 heavy (non-hydrogen) atoms. The molecule has 5 nitrogen and oxygen atoms in total. The van der Waals surface area contributed by atoms with Crippen LogP contribution >= 0.6 is 0 Å². The number of hydrogen-bond acceptors (Lipinski definition) is 4. The summed E-state index contributed by atoms with van der Waals surface area (Å²) in [5.74, 6) is -0.116. The van der Waals surface area contributed by atoms with Crippen LogP contribution in [-0.2, 0) is 0 Å². The lowest BCUT2D eigenvalue weighted by molar-refractivity contribution is 0.0940. The van der Waals surface area contributed by atoms with E-state index in [0.29, 0.717) is 5.56 Å². The van der Waals surface area contributed by atoms with Crippen LogP contribution in [-0.4, -0.2) is 21.1 Å². The molecule has 0 aliphatic rings. The van der Waals surface area contributed by atoms with E-state index in [2.05, 4.69) is 20.5 Å². The highest BCUT2D eigenvalue weighted by atomic mass is 16.1. The second-order valence-electron chi connectivity index (χ2n) is 6.06. The highest BCUT2D eigenvalue weighted by molar-refractivity contribution is 5.94. The van der Waals surface area contributed by atoms with Gasteiger partial charge in [0, 0.05) is 23.5 Å². The van der Waals surface area contributed by atoms with Gasteiger partial charge in [-0.2, -0.15) is 10.2 Å². The van der Waals surface area contributed by atoms with Crippen molar-refractivity contribution >= 4 is 5.91 Å². The fourth-order valence-corrected chi connectivity index (χ4v) is 2.58. The molecular formula is C20H20N4O. The summed E-state index contributed by atoms with van der Waals surface area (Å²) in [5, 5.41) is 11.2. The zero-order valence-electron chi connectivity index (χ0n) is 14.5. The van der Waals surface area contributed by atoms with Crippen molar-refractivity contribution in [1.82, 2.24) is 20.5 Å². The van der Waals surface area contributed by atoms with Crippen molar-refractivity contribution in [2.75, 3.05) is 0 Å². The molecule has 0 spiro atoms. The zero-order chi connectivity index (χ0) is 17.8. The number of benzene rings is 1. The molecule has 0 fully saturated rings. The van der Waals surface area contributed by atoms with Crippen LogP contribution in [0.1, 0.15) is 40.0 Å². The summed E-state index contributed by atoms with van der Waals surface area (Å²) in [6, 6.07) is 11.1. The Kier molecular flexibility index (Phi) is 4.84. The molecule has 1 unspecified atom stereocenters. The fraction of sp³-hybridized carbons (Fsp3) is 0.200. The van der Waals surface area contributed by atoms with E-state index in [1.165, 1.54) is 0 Å². The van der Waals surface area contributed by atoms with E-state index in [-0.39, 0.29) is 11.9 Å². The minimum atomic E-state index is -0.116. The maximum atomic E-state index is 12.4. The van der Waals surface area contributed by atoms with Crippen LogP contribution in [0, 0.1) is 13.8 Å². The predicted octanol–water partition coefficient (Wildman–Crippen LogP) is 3.65. The molecule has 5 heteroatoms. The van der Waals surface area contributed by atoms with E-state index < -0.39 is 0 Å². The fourth-order valence-electron chi connectivity index (χ4n) is 2.58. The molecule has 1 N–H and O–H groups in total. The first-order chi connectivity index (χ1) is 12.1. The Labute approximate surface area is 147 Å². The quantitative estimate of drug-likeness (QED) is 0.792. The number of aryl methyl sites for hydroxylation is 1. The molecule has 1 aromatic carbocycles. The molecule has 0 aliphatic carbocycles. The highest BCUT2D eigenvalue weighted by Crippen LogP contribution is 2.22. The normalized spacial score (nSPS) is 11.8. The molecular weight excluding hydrogens is 312 g/mol. The zero-order valence-corrected chi connectivity index (χ0v) is 14.5. The molecule has 2 heterocycles. The van der Waals surface area contributed by atoms with Gasteiger partial charge in [-0.3, -0.25) is 9.78 Å². The van der Waals surface area contributed by atoms with Crippen molar-refractivity contribution < 1.29 is 4.79 Å². The van der Waals surface area contributed by atoms with Gasteiger partial charge in [-0.25, -0.2) is 0 Å². The van der Waals surface area contributed by atoms with Gasteiger partial charge in [-0.15, -0.1) is 0 Å². The average molecular weight is 332 g/mol. The Balaban J connectivity index is 1.76. The maximum Gasteiger partial charge on any atom is 0.251 e. The van der Waals surface area contributed by atoms with Crippen LogP contribution in [0.5, 0.6) is 0 Å². The van der Waals surface area contributed by atoms with Gasteiger partial charge in [0.25, 0.3) is 5.91 Å². The van der Waals surface area contributed by atoms with E-state index in [1.807, 2.05) is 57.2 Å². The molecule has 2 aromatic heterocycles. The molecule has 0 radical (unpaired) electrons. The van der Waals surface area contributed by atoms with Gasteiger partial charge < -0.3 is 5.32 Å². The average Bonchev–Trinajstić information content (AvgIpc) is 2.65. The molecule has 1 atom stereocenters. The third-order valence-electron chi connectivity index (χ3n) is 4.31. The third-order valence-corrected chi connectivity index (χ3v) is 4.31. The van der Waals surface area contributed by atoms with Crippen LogP contribution in [0.4, 0.5) is 0 Å². The topological polar surface area (TPSA) is 67.8 Å². The van der Waals surface area contributed by atoms with Gasteiger partial charge in [-0.1, -0.05) is 18.2 Å². The third kappa shape index (κ3) is 3.71. The van der Waals surface area contributed by atoms with E-state index in [9.17, 15) is 4.79 Å². The summed E-state index contributed by atoms with van der Waals surface area (Å²) >= 11 is 0. The number of carbonyl (C=O) groups excluding carboxylic acids is 1. The first-order valence-electron chi connectivity index (χ1n) is 8.16. The van der Waals surface area contributed by atoms with Crippen LogP contribution < -0.4 is 5.32 Å². The summed E-state index contributed by atoms with van der Waals surface area (Å²) in [6.45, 7) is 5.97. The number of hydrogen-bond donors (Lipinski definition) is 1. The number of rotatable bonds is 4. The van der Waals surface area contributed by atoms with Gasteiger partial charge in [0.15, 0.2) is 0 Å². The van der Waals surface area contributed by atoms with E-state index in [1.54, 1.807) is 18.6 Å². The SMILES string of the molecule is Cc1cnnc(-c2ccc(C(=O)NC(C)c3cccnc3)cc2)c1C. The van der Waals surface area contributed by atoms with Crippen molar-refractivity contribution in [1.29, 1.82) is 0 Å². The van der Waals surface area contributed by atoms with Gasteiger partial charge in [-0.05, 0) is 55.7 Å². The number of amides is 1. The smallest absolute Gasteiger partial charge is 0.251 e. The van der Waals surface area contributed by atoms with E-state index in [4.69, 9.17) is 0 Å². The number of nitrogens with zero attached hydrogens (tertiary/aromatic N) is 3. The second-order valence-corrected chi connectivity index (χ2v) is 6.06. The molecule has 3 aromatic rings. The molecule has 0 saturated carbocycles. The summed E-state index contributed by atoms with van der Waals surface area (Å²) in [7, 11) is 0. The van der Waals surface area contributed by atoms with Crippen molar-refractivity contribution in [3.8, 4) is 11.3 Å². The molecule has 3 rings (SSSR count). The second kappa shape index (κ2) is 7.21. The lowest BCUT2D eigenvalue weighted by atomic mass is 10.0. The Bertz CT molecular complexity index is 876. The largest absolute Gasteiger partial charge is 0.345 e. The summed E-state index contributed by atoms with van der Waals surface area (Å²) in [6.07, 6.45) is 5.22. The van der Waals surface area contributed by atoms with Gasteiger partial charge in [0.2, 0.25) is 0 Å². The lowest BCUT2D eigenvalue weighted by Crippen LogP contribution is -2.26. The monoisotopic (exact) mass is 332 g/mol. The lowest BCUT2D eigenvalue weighted by Gasteiger charge is -2.14. The number of nitrogens with one attached hydrogen (secondary N) is 1. The Hall–Kier alpha value is -3.08. The van der Waals surface area contributed by atoms with Gasteiger partial charge in [0.1, 0.15) is 0 Å². The first kappa shape index (κ1) is 16.8. The Morgan fingerprint density at radius 2 is 1.84 bits per heavy atom. The number of pyridine rings is 1. The molecule has 0 bridgehead atoms. The standard InChI is InChI=1S/C20H20N4O/c1-13-11-22-24-19(14(13)2)16-6-8-17(9-7-16)20(25)23-15(3)18-5-4-10-21-12-18/h4-12,15H,1-3H3,(H,23,25). The summed E-state index contributed by atoms with van der Waals surface area (Å²) in [4.78, 5) is 16.5. The Morgan fingerprint density at radius 3 is 2.52 bits per heavy atom. The van der Waals surface area contributed by atoms with Crippen molar-refractivity contribution in [2.45, 2.75) is 26.8 Å². The van der Waals surface area contributed by atoms with Crippen LogP contribution in [0.2, 0.25) is 0 Å². The van der Waals surface area contributed by atoms with Gasteiger partial charge in [0.05, 0.1) is 17.9 Å². The summed E-state index contributed by atoms with van der Waals surface area (Å²) < 4.78 is 0. The minimum absolute atomic E-state index is 0.106.